The fraction of sp³-hybridized carbons (Fsp3) is 0. The van der Waals surface area contributed by atoms with E-state index in [9.17, 15) is 0 Å². The van der Waals surface area contributed by atoms with E-state index < -0.39 is 0 Å². The van der Waals surface area contributed by atoms with Gasteiger partial charge in [0, 0.05) is 50.6 Å². The molecule has 11 aromatic rings. The maximum atomic E-state index is 2.42. The van der Waals surface area contributed by atoms with Crippen molar-refractivity contribution in [3.05, 3.63) is 261 Å². The van der Waals surface area contributed by atoms with Crippen molar-refractivity contribution in [3.8, 4) is 39.1 Å². The fourth-order valence-corrected chi connectivity index (χ4v) is 8.92. The summed E-state index contributed by atoms with van der Waals surface area (Å²) >= 11 is 0. The monoisotopic (exact) mass is 805 g/mol. The number of aromatic nitrogens is 1. The Morgan fingerprint density at radius 2 is 0.524 bits per heavy atom. The van der Waals surface area contributed by atoms with Crippen molar-refractivity contribution >= 4 is 55.9 Å². The van der Waals surface area contributed by atoms with Gasteiger partial charge >= 0.3 is 0 Å². The molecule has 3 heteroatoms. The molecule has 0 saturated heterocycles. The van der Waals surface area contributed by atoms with E-state index in [0.29, 0.717) is 0 Å². The summed E-state index contributed by atoms with van der Waals surface area (Å²) in [7, 11) is 0. The summed E-state index contributed by atoms with van der Waals surface area (Å²) in [6.07, 6.45) is 0. The number of benzene rings is 10. The van der Waals surface area contributed by atoms with E-state index >= 15 is 0 Å². The van der Waals surface area contributed by atoms with Gasteiger partial charge in [-0.1, -0.05) is 152 Å². The second-order valence-corrected chi connectivity index (χ2v) is 15.8. The highest BCUT2D eigenvalue weighted by Crippen LogP contribution is 2.41. The first-order valence-corrected chi connectivity index (χ1v) is 21.5. The molecule has 0 unspecified atom stereocenters. The largest absolute Gasteiger partial charge is 0.311 e. The van der Waals surface area contributed by atoms with Gasteiger partial charge in [0.15, 0.2) is 0 Å². The number of fused-ring (bicyclic) bond motifs is 3. The molecule has 10 aromatic carbocycles. The molecule has 0 N–H and O–H groups in total. The molecule has 0 aliphatic heterocycles. The molecule has 0 atom stereocenters. The second-order valence-electron chi connectivity index (χ2n) is 15.8. The molecule has 1 aromatic heterocycles. The van der Waals surface area contributed by atoms with E-state index in [1.54, 1.807) is 0 Å². The summed E-state index contributed by atoms with van der Waals surface area (Å²) < 4.78 is 2.42. The first-order chi connectivity index (χ1) is 31.2. The van der Waals surface area contributed by atoms with Gasteiger partial charge in [-0.2, -0.15) is 0 Å². The van der Waals surface area contributed by atoms with Crippen LogP contribution in [0.25, 0.3) is 60.9 Å². The molecule has 0 bridgehead atoms. The molecule has 11 rings (SSSR count). The topological polar surface area (TPSA) is 11.4 Å². The first-order valence-electron chi connectivity index (χ1n) is 21.5. The van der Waals surface area contributed by atoms with Crippen LogP contribution in [0.15, 0.2) is 261 Å². The van der Waals surface area contributed by atoms with Crippen LogP contribution in [0.4, 0.5) is 34.1 Å². The van der Waals surface area contributed by atoms with Gasteiger partial charge in [0.05, 0.1) is 11.0 Å². The molecule has 3 nitrogen and oxygen atoms in total. The zero-order valence-corrected chi connectivity index (χ0v) is 34.7. The highest BCUT2D eigenvalue weighted by molar-refractivity contribution is 6.11. The Balaban J connectivity index is 1.02. The molecule has 0 spiro atoms. The number of rotatable bonds is 10. The minimum atomic E-state index is 1.11. The van der Waals surface area contributed by atoms with E-state index in [2.05, 4.69) is 275 Å². The SMILES string of the molecule is c1ccc(-c2cccc(-n3c4ccc(-c5ccc(N(c6ccccc6)c6ccccc6)cc5)cc4c4cc(-c5ccc(N(c6ccccc6)c6ccccc6)cc5)ccc43)c2)cc1. The van der Waals surface area contributed by atoms with Crippen molar-refractivity contribution in [3.63, 3.8) is 0 Å². The van der Waals surface area contributed by atoms with E-state index in [1.807, 2.05) is 0 Å². The smallest absolute Gasteiger partial charge is 0.0541 e. The van der Waals surface area contributed by atoms with Gasteiger partial charge < -0.3 is 14.4 Å². The zero-order valence-electron chi connectivity index (χ0n) is 34.7. The molecule has 0 fully saturated rings. The van der Waals surface area contributed by atoms with Gasteiger partial charge in [-0.25, -0.2) is 0 Å². The summed E-state index contributed by atoms with van der Waals surface area (Å²) in [5.74, 6) is 0. The second kappa shape index (κ2) is 16.6. The summed E-state index contributed by atoms with van der Waals surface area (Å²) in [5, 5.41) is 2.43. The third-order valence-electron chi connectivity index (χ3n) is 12.0. The summed E-state index contributed by atoms with van der Waals surface area (Å²) in [5.41, 5.74) is 17.3. The number of anilines is 6. The predicted octanol–water partition coefficient (Wildman–Crippen LogP) is 16.7. The lowest BCUT2D eigenvalue weighted by molar-refractivity contribution is 1.18. The predicted molar refractivity (Wildman–Crippen MR) is 266 cm³/mol. The van der Waals surface area contributed by atoms with Gasteiger partial charge in [0.1, 0.15) is 0 Å². The Bertz CT molecular complexity index is 3030. The standard InChI is InChI=1S/C60H43N3/c1-6-17-44(18-7-1)47-19-16-28-56(41-47)63-59-39-33-48(45-29-35-54(36-30-45)61(50-20-8-2-9-21-50)51-22-10-3-11-23-51)42-57(59)58-43-49(34-40-60(58)63)46-31-37-55(38-32-46)62(52-24-12-4-13-25-52)53-26-14-5-15-27-53/h1-43H. The van der Waals surface area contributed by atoms with Crippen LogP contribution in [-0.2, 0) is 0 Å². The van der Waals surface area contributed by atoms with Crippen molar-refractivity contribution < 1.29 is 0 Å². The van der Waals surface area contributed by atoms with Crippen molar-refractivity contribution in [1.29, 1.82) is 0 Å². The number of hydrogen-bond acceptors (Lipinski definition) is 2. The quantitative estimate of drug-likeness (QED) is 0.136. The molecule has 63 heavy (non-hydrogen) atoms. The minimum absolute atomic E-state index is 1.11. The Morgan fingerprint density at radius 3 is 0.921 bits per heavy atom. The van der Waals surface area contributed by atoms with Crippen LogP contribution in [0.1, 0.15) is 0 Å². The molecule has 0 aliphatic carbocycles. The van der Waals surface area contributed by atoms with Gasteiger partial charge in [-0.05, 0) is 143 Å². The highest BCUT2D eigenvalue weighted by atomic mass is 15.1. The highest BCUT2D eigenvalue weighted by Gasteiger charge is 2.18. The van der Waals surface area contributed by atoms with E-state index in [-0.39, 0.29) is 0 Å². The number of hydrogen-bond donors (Lipinski definition) is 0. The van der Waals surface area contributed by atoms with Crippen molar-refractivity contribution in [2.45, 2.75) is 0 Å². The molecular formula is C60H43N3. The van der Waals surface area contributed by atoms with Crippen LogP contribution in [0, 0.1) is 0 Å². The third kappa shape index (κ3) is 7.32. The average Bonchev–Trinajstić information content (AvgIpc) is 3.69. The number of para-hydroxylation sites is 4. The summed E-state index contributed by atoms with van der Waals surface area (Å²) in [6, 6.07) is 93.6. The van der Waals surface area contributed by atoms with Crippen LogP contribution < -0.4 is 9.80 Å². The maximum absolute atomic E-state index is 2.42. The van der Waals surface area contributed by atoms with Crippen LogP contribution in [0.2, 0.25) is 0 Å². The van der Waals surface area contributed by atoms with Crippen LogP contribution >= 0.6 is 0 Å². The lowest BCUT2D eigenvalue weighted by atomic mass is 9.99. The Labute approximate surface area is 368 Å². The van der Waals surface area contributed by atoms with E-state index in [1.165, 1.54) is 55.2 Å². The Morgan fingerprint density at radius 1 is 0.222 bits per heavy atom. The average molecular weight is 806 g/mol. The third-order valence-corrected chi connectivity index (χ3v) is 12.0. The van der Waals surface area contributed by atoms with Gasteiger partial charge in [0.2, 0.25) is 0 Å². The Kier molecular flexibility index (Phi) is 9.89. The Hall–Kier alpha value is -8.40. The van der Waals surface area contributed by atoms with Crippen molar-refractivity contribution in [2.24, 2.45) is 0 Å². The molecule has 0 radical (unpaired) electrons. The maximum Gasteiger partial charge on any atom is 0.0541 e. The molecule has 298 valence electrons. The normalized spacial score (nSPS) is 11.2. The van der Waals surface area contributed by atoms with Gasteiger partial charge in [0.25, 0.3) is 0 Å². The van der Waals surface area contributed by atoms with Crippen LogP contribution in [0.3, 0.4) is 0 Å². The summed E-state index contributed by atoms with van der Waals surface area (Å²) in [6.45, 7) is 0. The van der Waals surface area contributed by atoms with Gasteiger partial charge in [-0.15, -0.1) is 0 Å². The van der Waals surface area contributed by atoms with E-state index in [0.717, 1.165) is 39.8 Å². The minimum Gasteiger partial charge on any atom is -0.311 e. The van der Waals surface area contributed by atoms with E-state index in [4.69, 9.17) is 0 Å². The van der Waals surface area contributed by atoms with Crippen molar-refractivity contribution in [2.75, 3.05) is 9.80 Å². The summed E-state index contributed by atoms with van der Waals surface area (Å²) in [4.78, 5) is 4.61. The van der Waals surface area contributed by atoms with Crippen LogP contribution in [-0.4, -0.2) is 4.57 Å². The molecular weight excluding hydrogens is 763 g/mol. The van der Waals surface area contributed by atoms with Gasteiger partial charge in [-0.3, -0.25) is 0 Å². The molecule has 0 aliphatic rings. The lowest BCUT2D eigenvalue weighted by Crippen LogP contribution is -2.09. The molecule has 1 heterocycles. The lowest BCUT2D eigenvalue weighted by Gasteiger charge is -2.25. The van der Waals surface area contributed by atoms with Crippen molar-refractivity contribution in [1.82, 2.24) is 4.57 Å². The fourth-order valence-electron chi connectivity index (χ4n) is 8.92. The number of nitrogens with zero attached hydrogens (tertiary/aromatic N) is 3. The molecule has 0 amide bonds. The first kappa shape index (κ1) is 37.6. The zero-order chi connectivity index (χ0) is 42.0. The van der Waals surface area contributed by atoms with Crippen LogP contribution in [0.5, 0.6) is 0 Å². The molecule has 0 saturated carbocycles.